The lowest BCUT2D eigenvalue weighted by molar-refractivity contribution is 0.327. The summed E-state index contributed by atoms with van der Waals surface area (Å²) < 4.78 is 16.2. The van der Waals surface area contributed by atoms with Crippen LogP contribution in [0.3, 0.4) is 0 Å². The van der Waals surface area contributed by atoms with E-state index in [-0.39, 0.29) is 5.56 Å². The first-order chi connectivity index (χ1) is 14.4. The Labute approximate surface area is 176 Å². The average Bonchev–Trinajstić information content (AvgIpc) is 2.71. The highest BCUT2D eigenvalue weighted by Gasteiger charge is 2.20. The van der Waals surface area contributed by atoms with Gasteiger partial charge in [-0.1, -0.05) is 24.3 Å². The Kier molecular flexibility index (Phi) is 6.47. The third-order valence-corrected chi connectivity index (χ3v) is 4.76. The molecule has 0 saturated heterocycles. The van der Waals surface area contributed by atoms with E-state index >= 15 is 0 Å². The maximum atomic E-state index is 12.9. The Morgan fingerprint density at radius 3 is 2.20 bits per heavy atom. The van der Waals surface area contributed by atoms with Crippen LogP contribution in [0.4, 0.5) is 5.95 Å². The van der Waals surface area contributed by atoms with E-state index in [1.165, 1.54) is 26.9 Å². The molecule has 1 N–H and O–H groups in total. The molecule has 1 aromatic heterocycles. The summed E-state index contributed by atoms with van der Waals surface area (Å²) in [6.45, 7) is 1.46. The van der Waals surface area contributed by atoms with E-state index in [2.05, 4.69) is 33.1 Å². The zero-order chi connectivity index (χ0) is 21.8. The van der Waals surface area contributed by atoms with Gasteiger partial charge in [0.05, 0.1) is 26.8 Å². The van der Waals surface area contributed by atoms with E-state index in [1.54, 1.807) is 6.07 Å². The Morgan fingerprint density at radius 2 is 1.60 bits per heavy atom. The summed E-state index contributed by atoms with van der Waals surface area (Å²) in [7, 11) is 10.5. The van der Waals surface area contributed by atoms with Crippen LogP contribution in [0, 0.1) is 0 Å². The molecule has 30 heavy (non-hydrogen) atoms. The summed E-state index contributed by atoms with van der Waals surface area (Å²) in [5, 5.41) is 0.320. The Balaban J connectivity index is 1.99. The summed E-state index contributed by atoms with van der Waals surface area (Å²) in [5.74, 6) is 1.56. The van der Waals surface area contributed by atoms with E-state index in [0.29, 0.717) is 40.6 Å². The molecule has 0 aliphatic heterocycles. The molecule has 0 aliphatic rings. The molecule has 0 spiro atoms. The summed E-state index contributed by atoms with van der Waals surface area (Å²) in [4.78, 5) is 24.4. The number of nitrogens with one attached hydrogen (secondary N) is 1. The first kappa shape index (κ1) is 21.4. The van der Waals surface area contributed by atoms with Gasteiger partial charge < -0.3 is 24.0 Å². The van der Waals surface area contributed by atoms with Gasteiger partial charge in [-0.3, -0.25) is 9.78 Å². The topological polar surface area (TPSA) is 79.9 Å². The number of benzene rings is 2. The lowest BCUT2D eigenvalue weighted by atomic mass is 10.1. The van der Waals surface area contributed by atoms with Gasteiger partial charge in [-0.2, -0.15) is 0 Å². The van der Waals surface area contributed by atoms with Gasteiger partial charge in [0.2, 0.25) is 11.7 Å². The molecule has 0 amide bonds. The van der Waals surface area contributed by atoms with E-state index in [0.717, 1.165) is 12.1 Å². The molecule has 160 valence electrons. The molecule has 8 nitrogen and oxygen atoms in total. The highest BCUT2D eigenvalue weighted by molar-refractivity contribution is 5.90. The number of hydrogen-bond donors (Lipinski definition) is 1. The van der Waals surface area contributed by atoms with E-state index in [4.69, 9.17) is 14.2 Å². The zero-order valence-corrected chi connectivity index (χ0v) is 18.3. The van der Waals surface area contributed by atoms with Crippen molar-refractivity contribution in [2.24, 2.45) is 0 Å². The van der Waals surface area contributed by atoms with Crippen molar-refractivity contribution >= 4 is 16.9 Å². The van der Waals surface area contributed by atoms with Gasteiger partial charge in [-0.25, -0.2) is 4.98 Å². The fourth-order valence-corrected chi connectivity index (χ4v) is 3.48. The van der Waals surface area contributed by atoms with Crippen LogP contribution in [0.15, 0.2) is 35.1 Å². The van der Waals surface area contributed by atoms with Crippen LogP contribution in [0.5, 0.6) is 17.2 Å². The molecule has 0 atom stereocenters. The SMILES string of the molecule is COc1cc2nc(N(C)Cc3cccc(CN(C)C)c3)[nH]c(=O)c2c(OC)c1OC. The monoisotopic (exact) mass is 412 g/mol. The van der Waals surface area contributed by atoms with Crippen molar-refractivity contribution in [3.05, 3.63) is 51.8 Å². The van der Waals surface area contributed by atoms with Crippen LogP contribution in [0.1, 0.15) is 11.1 Å². The van der Waals surface area contributed by atoms with Gasteiger partial charge in [0, 0.05) is 26.2 Å². The quantitative estimate of drug-likeness (QED) is 0.609. The third kappa shape index (κ3) is 4.33. The number of rotatable bonds is 8. The number of hydrogen-bond acceptors (Lipinski definition) is 7. The van der Waals surface area contributed by atoms with E-state index < -0.39 is 0 Å². The molecular weight excluding hydrogens is 384 g/mol. The normalized spacial score (nSPS) is 11.0. The largest absolute Gasteiger partial charge is 0.493 e. The van der Waals surface area contributed by atoms with E-state index in [1.807, 2.05) is 32.1 Å². The molecular formula is C22H28N4O4. The number of H-pyrrole nitrogens is 1. The lowest BCUT2D eigenvalue weighted by Gasteiger charge is -2.20. The number of fused-ring (bicyclic) bond motifs is 1. The van der Waals surface area contributed by atoms with Crippen molar-refractivity contribution in [3.63, 3.8) is 0 Å². The van der Waals surface area contributed by atoms with Crippen LogP contribution >= 0.6 is 0 Å². The first-order valence-electron chi connectivity index (χ1n) is 9.54. The molecule has 1 heterocycles. The van der Waals surface area contributed by atoms with Crippen molar-refractivity contribution < 1.29 is 14.2 Å². The Morgan fingerprint density at radius 1 is 0.933 bits per heavy atom. The van der Waals surface area contributed by atoms with E-state index in [9.17, 15) is 4.79 Å². The number of methoxy groups -OCH3 is 3. The number of anilines is 1. The molecule has 0 aliphatic carbocycles. The van der Waals surface area contributed by atoms with Gasteiger partial charge in [0.15, 0.2) is 11.5 Å². The molecule has 3 rings (SSSR count). The van der Waals surface area contributed by atoms with Crippen molar-refractivity contribution in [2.45, 2.75) is 13.1 Å². The maximum Gasteiger partial charge on any atom is 0.264 e. The predicted octanol–water partition coefficient (Wildman–Crippen LogP) is 2.65. The minimum absolute atomic E-state index is 0.297. The van der Waals surface area contributed by atoms with Crippen molar-refractivity contribution in [1.29, 1.82) is 0 Å². The number of aromatic nitrogens is 2. The van der Waals surface area contributed by atoms with Gasteiger partial charge in [-0.05, 0) is 25.2 Å². The van der Waals surface area contributed by atoms with Crippen LogP contribution in [0.25, 0.3) is 10.9 Å². The average molecular weight is 412 g/mol. The van der Waals surface area contributed by atoms with Crippen LogP contribution in [-0.2, 0) is 13.1 Å². The molecule has 0 unspecified atom stereocenters. The van der Waals surface area contributed by atoms with Gasteiger partial charge in [-0.15, -0.1) is 0 Å². The predicted molar refractivity (Wildman–Crippen MR) is 118 cm³/mol. The Hall–Kier alpha value is -3.26. The minimum Gasteiger partial charge on any atom is -0.493 e. The molecule has 0 saturated carbocycles. The number of ether oxygens (including phenoxy) is 3. The highest BCUT2D eigenvalue weighted by atomic mass is 16.5. The molecule has 0 fully saturated rings. The summed E-state index contributed by atoms with van der Waals surface area (Å²) in [6.07, 6.45) is 0. The molecule has 8 heteroatoms. The standard InChI is InChI=1S/C22H28N4O4/c1-25(2)12-14-8-7-9-15(10-14)13-26(3)22-23-16-11-17(28-4)19(29-5)20(30-6)18(16)21(27)24-22/h7-11H,12-13H2,1-6H3,(H,23,24,27). The maximum absolute atomic E-state index is 12.9. The highest BCUT2D eigenvalue weighted by Crippen LogP contribution is 2.41. The van der Waals surface area contributed by atoms with Crippen molar-refractivity contribution in [3.8, 4) is 17.2 Å². The second-order valence-electron chi connectivity index (χ2n) is 7.34. The summed E-state index contributed by atoms with van der Waals surface area (Å²) in [5.41, 5.74) is 2.52. The molecule has 0 radical (unpaired) electrons. The van der Waals surface area contributed by atoms with Gasteiger partial charge in [0.1, 0.15) is 5.39 Å². The second kappa shape index (κ2) is 9.04. The molecule has 0 bridgehead atoms. The van der Waals surface area contributed by atoms with Crippen molar-refractivity contribution in [2.75, 3.05) is 47.4 Å². The summed E-state index contributed by atoms with van der Waals surface area (Å²) >= 11 is 0. The minimum atomic E-state index is -0.305. The fraction of sp³-hybridized carbons (Fsp3) is 0.364. The van der Waals surface area contributed by atoms with Crippen molar-refractivity contribution in [1.82, 2.24) is 14.9 Å². The first-order valence-corrected chi connectivity index (χ1v) is 9.54. The third-order valence-electron chi connectivity index (χ3n) is 4.76. The fourth-order valence-electron chi connectivity index (χ4n) is 3.48. The second-order valence-corrected chi connectivity index (χ2v) is 7.34. The lowest BCUT2D eigenvalue weighted by Crippen LogP contribution is -2.23. The zero-order valence-electron chi connectivity index (χ0n) is 18.3. The van der Waals surface area contributed by atoms with Crippen LogP contribution in [-0.4, -0.2) is 57.3 Å². The molecule has 2 aromatic carbocycles. The van der Waals surface area contributed by atoms with Gasteiger partial charge in [0.25, 0.3) is 5.56 Å². The van der Waals surface area contributed by atoms with Crippen LogP contribution < -0.4 is 24.7 Å². The summed E-state index contributed by atoms with van der Waals surface area (Å²) in [6, 6.07) is 10.0. The Bertz CT molecular complexity index is 1090. The van der Waals surface area contributed by atoms with Gasteiger partial charge >= 0.3 is 0 Å². The number of aromatic amines is 1. The van der Waals surface area contributed by atoms with Crippen LogP contribution in [0.2, 0.25) is 0 Å². The smallest absolute Gasteiger partial charge is 0.264 e. The molecule has 3 aromatic rings. The number of nitrogens with zero attached hydrogens (tertiary/aromatic N) is 3.